The molecule has 0 radical (unpaired) electrons. The van der Waals surface area contributed by atoms with E-state index >= 15 is 0 Å². The average molecular weight is 528 g/mol. The summed E-state index contributed by atoms with van der Waals surface area (Å²) >= 11 is 0. The van der Waals surface area contributed by atoms with Gasteiger partial charge in [-0.1, -0.05) is 48.5 Å². The van der Waals surface area contributed by atoms with Gasteiger partial charge in [-0.25, -0.2) is 0 Å². The maximum atomic E-state index is 13.5. The number of hydrogen-bond donors (Lipinski definition) is 0. The van der Waals surface area contributed by atoms with Gasteiger partial charge in [-0.15, -0.1) is 0 Å². The van der Waals surface area contributed by atoms with Gasteiger partial charge in [0.05, 0.1) is 13.9 Å². The van der Waals surface area contributed by atoms with Crippen molar-refractivity contribution in [2.45, 2.75) is 119 Å². The van der Waals surface area contributed by atoms with Crippen molar-refractivity contribution < 1.29 is 25.2 Å². The topological polar surface area (TPSA) is 69.7 Å². The minimum Gasteiger partial charge on any atom is -0.468 e. The molecule has 0 heterocycles. The summed E-state index contributed by atoms with van der Waals surface area (Å²) in [6, 6.07) is 0. The standard InChI is InChI=1S/C33H50O5/c1-19(2)26-22(35)18-33(28(36)37-9)17-16-31(7)21(27(26)33)10-11-24-30(6)14-13-25(38-20(3)34)29(4,5)23(30)12-15-32(24,31)8/h19,21,23-25H,10-18H2,1-9H3/t21-,23+,24-,25+,30+,31-,32-,33-/m1/s1/i25D. The lowest BCUT2D eigenvalue weighted by Gasteiger charge is -2.72. The maximum absolute atomic E-state index is 13.5. The largest absolute Gasteiger partial charge is 0.468 e. The van der Waals surface area contributed by atoms with Crippen molar-refractivity contribution in [1.82, 2.24) is 0 Å². The zero-order valence-electron chi connectivity index (χ0n) is 26.2. The van der Waals surface area contributed by atoms with E-state index in [1.54, 1.807) is 0 Å². The third-order valence-corrected chi connectivity index (χ3v) is 13.0. The van der Waals surface area contributed by atoms with Gasteiger partial charge >= 0.3 is 11.9 Å². The van der Waals surface area contributed by atoms with Gasteiger partial charge in [0, 0.05) is 18.8 Å². The fourth-order valence-corrected chi connectivity index (χ4v) is 11.2. The molecule has 5 aliphatic carbocycles. The van der Waals surface area contributed by atoms with E-state index in [1.165, 1.54) is 14.0 Å². The van der Waals surface area contributed by atoms with E-state index in [0.717, 1.165) is 49.7 Å². The molecule has 4 fully saturated rings. The second-order valence-corrected chi connectivity index (χ2v) is 15.0. The van der Waals surface area contributed by atoms with Crippen LogP contribution in [0.1, 0.15) is 115 Å². The van der Waals surface area contributed by atoms with Crippen LogP contribution in [0.3, 0.4) is 0 Å². The van der Waals surface area contributed by atoms with Gasteiger partial charge in [-0.2, -0.15) is 0 Å². The molecule has 5 nitrogen and oxygen atoms in total. The summed E-state index contributed by atoms with van der Waals surface area (Å²) in [6.45, 7) is 17.3. The molecule has 5 aliphatic rings. The summed E-state index contributed by atoms with van der Waals surface area (Å²) < 4.78 is 20.4. The summed E-state index contributed by atoms with van der Waals surface area (Å²) in [7, 11) is 1.47. The van der Waals surface area contributed by atoms with Crippen LogP contribution < -0.4 is 0 Å². The van der Waals surface area contributed by atoms with Gasteiger partial charge in [0.2, 0.25) is 0 Å². The van der Waals surface area contributed by atoms with Crippen molar-refractivity contribution in [2.75, 3.05) is 7.11 Å². The minimum atomic E-state index is -1.20. The van der Waals surface area contributed by atoms with E-state index < -0.39 is 16.9 Å². The molecular formula is C33H50O5. The molecule has 0 unspecified atom stereocenters. The number of carbonyl (C=O) groups is 3. The van der Waals surface area contributed by atoms with Crippen LogP contribution in [0.5, 0.6) is 0 Å². The molecule has 0 spiro atoms. The van der Waals surface area contributed by atoms with Gasteiger partial charge in [0.15, 0.2) is 5.78 Å². The molecule has 0 aromatic rings. The van der Waals surface area contributed by atoms with Crippen LogP contribution in [0.15, 0.2) is 11.1 Å². The first-order chi connectivity index (χ1) is 17.9. The van der Waals surface area contributed by atoms with Crippen LogP contribution in [-0.2, 0) is 23.9 Å². The third-order valence-electron chi connectivity index (χ3n) is 13.0. The Morgan fingerprint density at radius 3 is 2.21 bits per heavy atom. The number of ether oxygens (including phenoxy) is 2. The van der Waals surface area contributed by atoms with Crippen molar-refractivity contribution in [3.8, 4) is 0 Å². The van der Waals surface area contributed by atoms with Crippen LogP contribution in [0.25, 0.3) is 0 Å². The molecule has 5 rings (SSSR count). The van der Waals surface area contributed by atoms with E-state index in [4.69, 9.17) is 9.47 Å². The van der Waals surface area contributed by atoms with Crippen molar-refractivity contribution in [3.63, 3.8) is 0 Å². The number of methoxy groups -OCH3 is 1. The van der Waals surface area contributed by atoms with E-state index in [9.17, 15) is 15.8 Å². The molecule has 5 heteroatoms. The zero-order chi connectivity index (χ0) is 29.0. The molecule has 4 saturated carbocycles. The number of hydrogen-bond acceptors (Lipinski definition) is 5. The molecule has 0 N–H and O–H groups in total. The number of ketones is 1. The summed E-state index contributed by atoms with van der Waals surface area (Å²) in [5.74, 6) is 0.588. The minimum absolute atomic E-state index is 0.0307. The van der Waals surface area contributed by atoms with E-state index in [0.29, 0.717) is 18.8 Å². The van der Waals surface area contributed by atoms with E-state index in [2.05, 4.69) is 48.5 Å². The van der Waals surface area contributed by atoms with Crippen molar-refractivity contribution in [1.29, 1.82) is 0 Å². The molecule has 0 bridgehead atoms. The van der Waals surface area contributed by atoms with Crippen molar-refractivity contribution in [3.05, 3.63) is 11.1 Å². The molecule has 0 aromatic heterocycles. The fourth-order valence-electron chi connectivity index (χ4n) is 11.2. The summed E-state index contributed by atoms with van der Waals surface area (Å²) in [4.78, 5) is 38.9. The summed E-state index contributed by atoms with van der Waals surface area (Å²) in [5, 5.41) is 0. The van der Waals surface area contributed by atoms with Crippen LogP contribution in [0.2, 0.25) is 0 Å². The average Bonchev–Trinajstić information content (AvgIpc) is 3.15. The smallest absolute Gasteiger partial charge is 0.316 e. The first-order valence-electron chi connectivity index (χ1n) is 15.5. The lowest BCUT2D eigenvalue weighted by atomic mass is 9.33. The molecule has 8 atom stereocenters. The number of esters is 2. The van der Waals surface area contributed by atoms with Crippen molar-refractivity contribution >= 4 is 17.7 Å². The summed E-state index contributed by atoms with van der Waals surface area (Å²) in [6.07, 6.45) is 6.18. The molecule has 38 heavy (non-hydrogen) atoms. The Bertz CT molecular complexity index is 1140. The van der Waals surface area contributed by atoms with E-state index in [1.807, 2.05) is 0 Å². The Morgan fingerprint density at radius 2 is 1.61 bits per heavy atom. The molecular weight excluding hydrogens is 476 g/mol. The predicted molar refractivity (Wildman–Crippen MR) is 147 cm³/mol. The van der Waals surface area contributed by atoms with Crippen molar-refractivity contribution in [2.24, 2.45) is 50.7 Å². The molecule has 0 amide bonds. The highest BCUT2D eigenvalue weighted by Crippen LogP contribution is 2.76. The first-order valence-corrected chi connectivity index (χ1v) is 15.0. The number of allylic oxidation sites excluding steroid dienone is 1. The molecule has 0 aromatic carbocycles. The van der Waals surface area contributed by atoms with Gasteiger partial charge in [0.1, 0.15) is 6.08 Å². The highest BCUT2D eigenvalue weighted by molar-refractivity contribution is 6.05. The second-order valence-electron chi connectivity index (χ2n) is 15.0. The van der Waals surface area contributed by atoms with Gasteiger partial charge in [-0.3, -0.25) is 14.4 Å². The Balaban J connectivity index is 1.58. The quantitative estimate of drug-likeness (QED) is 0.367. The van der Waals surface area contributed by atoms with Gasteiger partial charge in [0.25, 0.3) is 0 Å². The zero-order valence-corrected chi connectivity index (χ0v) is 25.2. The van der Waals surface area contributed by atoms with Crippen LogP contribution in [0.4, 0.5) is 0 Å². The molecule has 0 aliphatic heterocycles. The highest BCUT2D eigenvalue weighted by Gasteiger charge is 2.71. The van der Waals surface area contributed by atoms with Crippen LogP contribution >= 0.6 is 0 Å². The van der Waals surface area contributed by atoms with E-state index in [-0.39, 0.29) is 58.1 Å². The van der Waals surface area contributed by atoms with Gasteiger partial charge in [-0.05, 0) is 102 Å². The SMILES string of the molecule is [2H][C@]1(OC(C)=O)CC[C@]2(C)[C@H]3CC[C@@H]4C5=C(C(C)C)C(=O)C[C@]5(C(=O)OC)CC[C@@]4(C)[C@]3(C)CC[C@H]2C1(C)C. The van der Waals surface area contributed by atoms with Gasteiger partial charge < -0.3 is 9.47 Å². The number of Topliss-reactive ketones (excluding diaryl/α,β-unsaturated/α-hetero) is 1. The third kappa shape index (κ3) is 3.38. The number of rotatable bonds is 3. The Hall–Kier alpha value is -1.65. The second kappa shape index (κ2) is 8.67. The Kier molecular flexibility index (Phi) is 6.06. The van der Waals surface area contributed by atoms with Crippen LogP contribution in [-0.4, -0.2) is 30.9 Å². The predicted octanol–water partition coefficient (Wildman–Crippen LogP) is 7.07. The molecule has 212 valence electrons. The lowest BCUT2D eigenvalue weighted by molar-refractivity contribution is -0.233. The Morgan fingerprint density at radius 1 is 0.921 bits per heavy atom. The summed E-state index contributed by atoms with van der Waals surface area (Å²) in [5.41, 5.74) is 0.828. The normalized spacial score (nSPS) is 47.9. The monoisotopic (exact) mass is 527 g/mol. The molecule has 0 saturated heterocycles. The maximum Gasteiger partial charge on any atom is 0.316 e. The lowest BCUT2D eigenvalue weighted by Crippen LogP contribution is -2.66. The highest BCUT2D eigenvalue weighted by atomic mass is 16.5. The number of fused-ring (bicyclic) bond motifs is 7. The van der Waals surface area contributed by atoms with Crippen LogP contribution in [0, 0.1) is 50.7 Å². The fraction of sp³-hybridized carbons (Fsp3) is 0.848. The Labute approximate surface area is 231 Å². The number of carbonyl (C=O) groups excluding carboxylic acids is 3. The first kappa shape index (κ1) is 26.6.